The van der Waals surface area contributed by atoms with Crippen molar-refractivity contribution < 1.29 is 8.78 Å². The molecule has 0 spiro atoms. The first-order chi connectivity index (χ1) is 15.4. The molecule has 0 atom stereocenters. The molecule has 0 radical (unpaired) electrons. The first-order valence-electron chi connectivity index (χ1n) is 12.0. The van der Waals surface area contributed by atoms with Gasteiger partial charge in [0.1, 0.15) is 11.3 Å². The van der Waals surface area contributed by atoms with E-state index in [4.69, 9.17) is 5.26 Å². The summed E-state index contributed by atoms with van der Waals surface area (Å²) in [5, 5.41) is 7.32. The number of hydrogen-bond acceptors (Lipinski definition) is 2. The highest BCUT2D eigenvalue weighted by molar-refractivity contribution is 5.44. The second-order valence-corrected chi connectivity index (χ2v) is 9.34. The van der Waals surface area contributed by atoms with Gasteiger partial charge in [0.2, 0.25) is 0 Å². The van der Waals surface area contributed by atoms with Gasteiger partial charge in [-0.1, -0.05) is 48.5 Å². The number of nitrogens with zero attached hydrogens (tertiary/aromatic N) is 2. The Kier molecular flexibility index (Phi) is 8.43. The molecule has 2 saturated carbocycles. The fourth-order valence-electron chi connectivity index (χ4n) is 4.81. The molecule has 4 heteroatoms. The van der Waals surface area contributed by atoms with E-state index in [1.165, 1.54) is 12.5 Å². The highest BCUT2D eigenvalue weighted by Crippen LogP contribution is 2.51. The topological polar surface area (TPSA) is 27.0 Å². The Morgan fingerprint density at radius 3 is 1.84 bits per heavy atom. The second kappa shape index (κ2) is 11.1. The number of likely N-dealkylation sites (N-methyl/N-ethyl adjacent to an activating group) is 1. The normalized spacial score (nSPS) is 18.0. The Hall–Kier alpha value is -2.25. The molecule has 0 aromatic heterocycles. The van der Waals surface area contributed by atoms with Crippen LogP contribution in [0.1, 0.15) is 74.1 Å². The summed E-state index contributed by atoms with van der Waals surface area (Å²) in [6.45, 7) is 3.37. The van der Waals surface area contributed by atoms with Gasteiger partial charge in [-0.2, -0.15) is 5.26 Å². The summed E-state index contributed by atoms with van der Waals surface area (Å²) in [5.41, 5.74) is 1.40. The van der Waals surface area contributed by atoms with Gasteiger partial charge in [0.05, 0.1) is 6.07 Å². The Balaban J connectivity index is 0.000000913. The lowest BCUT2D eigenvalue weighted by Crippen LogP contribution is -2.34. The number of hydrogen-bond donors (Lipinski definition) is 0. The molecule has 2 aliphatic carbocycles. The summed E-state index contributed by atoms with van der Waals surface area (Å²) in [6, 6.07) is 18.0. The van der Waals surface area contributed by atoms with E-state index in [-0.39, 0.29) is 0 Å². The molecule has 0 aliphatic heterocycles. The highest BCUT2D eigenvalue weighted by Gasteiger charge is 2.45. The zero-order valence-electron chi connectivity index (χ0n) is 19.5. The van der Waals surface area contributed by atoms with E-state index in [1.54, 1.807) is 6.07 Å². The van der Waals surface area contributed by atoms with E-state index in [9.17, 15) is 0 Å². The maximum absolute atomic E-state index is 15.4. The fourth-order valence-corrected chi connectivity index (χ4v) is 4.81. The average Bonchev–Trinajstić information content (AvgIpc) is 2.76. The first kappa shape index (κ1) is 24.4. The smallest absolute Gasteiger partial charge is 0.136 e. The predicted molar refractivity (Wildman–Crippen MR) is 127 cm³/mol. The molecule has 4 rings (SSSR count). The van der Waals surface area contributed by atoms with Crippen LogP contribution in [0.2, 0.25) is 0 Å². The van der Waals surface area contributed by atoms with Crippen LogP contribution in [-0.2, 0) is 24.2 Å². The van der Waals surface area contributed by atoms with Gasteiger partial charge in [-0.25, -0.2) is 8.78 Å². The van der Waals surface area contributed by atoms with Crippen LogP contribution < -0.4 is 0 Å². The summed E-state index contributed by atoms with van der Waals surface area (Å²) in [7, 11) is 2.14. The minimum Gasteiger partial charge on any atom is -0.306 e. The van der Waals surface area contributed by atoms with Gasteiger partial charge in [0.15, 0.2) is 0 Å². The maximum Gasteiger partial charge on any atom is 0.136 e. The number of benzene rings is 2. The number of alkyl halides is 2. The van der Waals surface area contributed by atoms with Crippen molar-refractivity contribution in [1.82, 2.24) is 4.90 Å². The van der Waals surface area contributed by atoms with Crippen LogP contribution in [0, 0.1) is 11.3 Å². The van der Waals surface area contributed by atoms with Crippen molar-refractivity contribution in [3.05, 3.63) is 70.8 Å². The van der Waals surface area contributed by atoms with Crippen molar-refractivity contribution in [2.45, 2.75) is 76.0 Å². The summed E-state index contributed by atoms with van der Waals surface area (Å²) in [6.07, 6.45) is 6.92. The molecule has 0 unspecified atom stereocenters. The largest absolute Gasteiger partial charge is 0.306 e. The predicted octanol–water partition coefficient (Wildman–Crippen LogP) is 7.02. The van der Waals surface area contributed by atoms with Crippen molar-refractivity contribution in [2.24, 2.45) is 0 Å². The summed E-state index contributed by atoms with van der Waals surface area (Å²) < 4.78 is 30.7. The zero-order chi connectivity index (χ0) is 23.0. The van der Waals surface area contributed by atoms with E-state index in [1.807, 2.05) is 24.3 Å². The van der Waals surface area contributed by atoms with Gasteiger partial charge in [0.25, 0.3) is 0 Å². The van der Waals surface area contributed by atoms with E-state index in [2.05, 4.69) is 36.2 Å². The summed E-state index contributed by atoms with van der Waals surface area (Å²) in [4.78, 5) is 2.33. The molecule has 2 aromatic rings. The Bertz CT molecular complexity index is 857. The van der Waals surface area contributed by atoms with Crippen molar-refractivity contribution in [2.75, 3.05) is 20.1 Å². The molecule has 2 fully saturated rings. The van der Waals surface area contributed by atoms with Crippen LogP contribution in [0.3, 0.4) is 0 Å². The van der Waals surface area contributed by atoms with Crippen LogP contribution in [-0.4, -0.2) is 25.0 Å². The second-order valence-electron chi connectivity index (χ2n) is 9.34. The zero-order valence-corrected chi connectivity index (χ0v) is 19.5. The van der Waals surface area contributed by atoms with E-state index >= 15 is 8.78 Å². The lowest BCUT2D eigenvalue weighted by atomic mass is 9.69. The quantitative estimate of drug-likeness (QED) is 0.420. The lowest BCUT2D eigenvalue weighted by molar-refractivity contribution is 0.0514. The lowest BCUT2D eigenvalue weighted by Gasteiger charge is -2.40. The van der Waals surface area contributed by atoms with Crippen molar-refractivity contribution in [3.8, 4) is 6.07 Å². The third-order valence-electron chi connectivity index (χ3n) is 7.03. The van der Waals surface area contributed by atoms with Crippen LogP contribution in [0.4, 0.5) is 8.78 Å². The van der Waals surface area contributed by atoms with Crippen LogP contribution in [0.15, 0.2) is 48.5 Å². The standard InChI is InChI=1S/C26H33F2N.C2H3N/c1-29(20-14-21-9-3-2-4-10-21)19-6-11-22-23(25(27)15-7-16-25)12-5-13-24(22)26(28)17-8-18-26;1-2-3/h2-5,9-10,12-13H,6-8,11,14-20H2,1H3;1H3. The van der Waals surface area contributed by atoms with E-state index in [0.29, 0.717) is 25.7 Å². The van der Waals surface area contributed by atoms with Crippen LogP contribution in [0.5, 0.6) is 0 Å². The van der Waals surface area contributed by atoms with Crippen molar-refractivity contribution in [3.63, 3.8) is 0 Å². The Labute approximate surface area is 192 Å². The minimum absolute atomic E-state index is 0.583. The molecule has 172 valence electrons. The number of nitriles is 1. The highest BCUT2D eigenvalue weighted by atomic mass is 19.1. The SMILES string of the molecule is CC#N.CN(CCCc1c(C2(F)CCC2)cccc1C1(F)CCC1)CCc1ccccc1. The van der Waals surface area contributed by atoms with Crippen molar-refractivity contribution >= 4 is 0 Å². The average molecular weight is 439 g/mol. The summed E-state index contributed by atoms with van der Waals surface area (Å²) >= 11 is 0. The summed E-state index contributed by atoms with van der Waals surface area (Å²) in [5.74, 6) is 0. The fraction of sp³-hybridized carbons (Fsp3) is 0.536. The molecule has 2 nitrogen and oxygen atoms in total. The van der Waals surface area contributed by atoms with E-state index in [0.717, 1.165) is 61.9 Å². The van der Waals surface area contributed by atoms with Gasteiger partial charge in [0, 0.05) is 13.5 Å². The minimum atomic E-state index is -1.23. The van der Waals surface area contributed by atoms with Gasteiger partial charge in [-0.3, -0.25) is 0 Å². The molecule has 0 bridgehead atoms. The molecule has 2 aliphatic rings. The van der Waals surface area contributed by atoms with Gasteiger partial charge < -0.3 is 4.90 Å². The Morgan fingerprint density at radius 2 is 1.38 bits per heavy atom. The number of rotatable bonds is 9. The maximum atomic E-state index is 15.4. The first-order valence-corrected chi connectivity index (χ1v) is 12.0. The molecular formula is C28H36F2N2. The van der Waals surface area contributed by atoms with Gasteiger partial charge >= 0.3 is 0 Å². The van der Waals surface area contributed by atoms with Gasteiger partial charge in [-0.15, -0.1) is 0 Å². The van der Waals surface area contributed by atoms with Crippen LogP contribution in [0.25, 0.3) is 0 Å². The van der Waals surface area contributed by atoms with Gasteiger partial charge in [-0.05, 0) is 93.6 Å². The Morgan fingerprint density at radius 1 is 0.844 bits per heavy atom. The third-order valence-corrected chi connectivity index (χ3v) is 7.03. The van der Waals surface area contributed by atoms with Crippen LogP contribution >= 0.6 is 0 Å². The molecule has 0 amide bonds. The molecule has 32 heavy (non-hydrogen) atoms. The molecule has 0 N–H and O–H groups in total. The molecular weight excluding hydrogens is 402 g/mol. The molecule has 0 saturated heterocycles. The molecule has 2 aromatic carbocycles. The third kappa shape index (κ3) is 5.75. The van der Waals surface area contributed by atoms with E-state index < -0.39 is 11.3 Å². The monoisotopic (exact) mass is 438 g/mol. The number of halogens is 2. The van der Waals surface area contributed by atoms with Crippen molar-refractivity contribution in [1.29, 1.82) is 5.26 Å². The molecule has 0 heterocycles.